The largest absolute Gasteiger partial charge is 0.416 e. The van der Waals surface area contributed by atoms with E-state index in [0.717, 1.165) is 41.4 Å². The van der Waals surface area contributed by atoms with Gasteiger partial charge in [-0.1, -0.05) is 49.0 Å². The second kappa shape index (κ2) is 11.9. The van der Waals surface area contributed by atoms with Gasteiger partial charge in [-0.2, -0.15) is 26.3 Å². The van der Waals surface area contributed by atoms with Gasteiger partial charge in [0.2, 0.25) is 5.89 Å². The Morgan fingerprint density at radius 3 is 2.19 bits per heavy atom. The third kappa shape index (κ3) is 6.86. The highest BCUT2D eigenvalue weighted by Crippen LogP contribution is 2.38. The van der Waals surface area contributed by atoms with Crippen molar-refractivity contribution >= 4 is 16.9 Å². The number of rotatable bonds is 9. The summed E-state index contributed by atoms with van der Waals surface area (Å²) in [5.41, 5.74) is 5.56. The highest BCUT2D eigenvalue weighted by Gasteiger charge is 2.37. The molecule has 1 unspecified atom stereocenters. The highest BCUT2D eigenvalue weighted by molar-refractivity contribution is 5.79. The lowest BCUT2D eigenvalue weighted by molar-refractivity contribution is -0.143. The van der Waals surface area contributed by atoms with Gasteiger partial charge < -0.3 is 15.1 Å². The number of aromatic nitrogens is 3. The maximum atomic E-state index is 13.6. The van der Waals surface area contributed by atoms with E-state index in [1.807, 2.05) is 30.3 Å². The number of alkyl halides is 6. The molecule has 1 aliphatic rings. The minimum atomic E-state index is -4.97. The molecule has 1 fully saturated rings. The molecule has 42 heavy (non-hydrogen) atoms. The van der Waals surface area contributed by atoms with Crippen LogP contribution in [0, 0.1) is 12.8 Å². The van der Waals surface area contributed by atoms with Crippen LogP contribution in [0.25, 0.3) is 10.9 Å². The van der Waals surface area contributed by atoms with Gasteiger partial charge in [-0.15, -0.1) is 5.10 Å². The predicted molar refractivity (Wildman–Crippen MR) is 145 cm³/mol. The van der Waals surface area contributed by atoms with Crippen LogP contribution < -0.4 is 10.6 Å². The summed E-state index contributed by atoms with van der Waals surface area (Å²) in [6.07, 6.45) is -4.52. The van der Waals surface area contributed by atoms with Gasteiger partial charge in [0.25, 0.3) is 0 Å². The Balaban J connectivity index is 1.57. The van der Waals surface area contributed by atoms with Crippen LogP contribution in [0.3, 0.4) is 0 Å². The van der Waals surface area contributed by atoms with Crippen LogP contribution in [0.15, 0.2) is 52.9 Å². The summed E-state index contributed by atoms with van der Waals surface area (Å²) in [4.78, 5) is 6.45. The van der Waals surface area contributed by atoms with Crippen molar-refractivity contribution in [2.45, 2.75) is 70.4 Å². The zero-order valence-electron chi connectivity index (χ0n) is 23.0. The third-order valence-electron chi connectivity index (χ3n) is 7.77. The maximum absolute atomic E-state index is 13.6. The first-order valence-corrected chi connectivity index (χ1v) is 13.8. The molecule has 2 N–H and O–H groups in total. The van der Waals surface area contributed by atoms with E-state index in [2.05, 4.69) is 10.2 Å². The first-order chi connectivity index (χ1) is 19.9. The second-order valence-corrected chi connectivity index (χ2v) is 10.9. The maximum Gasteiger partial charge on any atom is 0.416 e. The zero-order valence-corrected chi connectivity index (χ0v) is 23.0. The quantitative estimate of drug-likeness (QED) is 0.200. The van der Waals surface area contributed by atoms with Crippen molar-refractivity contribution in [1.82, 2.24) is 15.2 Å². The van der Waals surface area contributed by atoms with Crippen molar-refractivity contribution in [3.63, 3.8) is 0 Å². The lowest BCUT2D eigenvalue weighted by atomic mass is 9.88. The van der Waals surface area contributed by atoms with Crippen LogP contribution >= 0.6 is 0 Å². The first-order valence-electron chi connectivity index (χ1n) is 13.8. The number of anilines is 1. The molecule has 2 aromatic carbocycles. The van der Waals surface area contributed by atoms with Crippen LogP contribution in [0.1, 0.15) is 71.9 Å². The van der Waals surface area contributed by atoms with Gasteiger partial charge in [0.05, 0.1) is 22.3 Å². The smallest absolute Gasteiger partial charge is 0.408 e. The number of halogens is 6. The number of para-hydroxylation sites is 1. The van der Waals surface area contributed by atoms with Crippen molar-refractivity contribution < 1.29 is 30.8 Å². The van der Waals surface area contributed by atoms with Crippen LogP contribution in [-0.4, -0.2) is 21.7 Å². The van der Waals surface area contributed by atoms with E-state index in [1.165, 1.54) is 17.7 Å². The molecule has 0 saturated heterocycles. The molecule has 0 spiro atoms. The number of benzene rings is 2. The number of hydrogen-bond acceptors (Lipinski definition) is 6. The van der Waals surface area contributed by atoms with Gasteiger partial charge >= 0.3 is 18.4 Å². The standard InChI is InChI=1S/C30H31F6N5O/c1-18-39-40-28(42-18)41(16-20-11-24(29(31,32)33)14-25(12-20)30(34,35)36)17-23-13-21-8-4-5-9-26(21)38-27(23)22(15-37)10-19-6-2-3-7-19/h4-5,8-9,11-14,19,22H,2-3,6-7,10,15-17,37H2,1H3. The van der Waals surface area contributed by atoms with Crippen LogP contribution in [0.4, 0.5) is 32.4 Å². The van der Waals surface area contributed by atoms with Gasteiger partial charge in [0.15, 0.2) is 0 Å². The molecule has 2 aromatic heterocycles. The van der Waals surface area contributed by atoms with Gasteiger partial charge in [0.1, 0.15) is 0 Å². The van der Waals surface area contributed by atoms with Crippen LogP contribution in [-0.2, 0) is 25.4 Å². The summed E-state index contributed by atoms with van der Waals surface area (Å²) in [7, 11) is 0. The molecule has 0 radical (unpaired) electrons. The number of pyridine rings is 1. The van der Waals surface area contributed by atoms with Gasteiger partial charge in [0, 0.05) is 37.9 Å². The predicted octanol–water partition coefficient (Wildman–Crippen LogP) is 7.79. The van der Waals surface area contributed by atoms with E-state index in [4.69, 9.17) is 15.1 Å². The number of nitrogens with zero attached hydrogens (tertiary/aromatic N) is 4. The summed E-state index contributed by atoms with van der Waals surface area (Å²) >= 11 is 0. The number of hydrogen-bond donors (Lipinski definition) is 1. The van der Waals surface area contributed by atoms with Gasteiger partial charge in [-0.3, -0.25) is 4.98 Å². The molecule has 2 heterocycles. The fourth-order valence-electron chi connectivity index (χ4n) is 5.76. The molecular weight excluding hydrogens is 560 g/mol. The van der Waals surface area contributed by atoms with Crippen molar-refractivity contribution in [1.29, 1.82) is 0 Å². The Bertz CT molecular complexity index is 1490. The molecule has 0 aliphatic heterocycles. The average Bonchev–Trinajstić information content (AvgIpc) is 3.61. The van der Waals surface area contributed by atoms with E-state index < -0.39 is 23.5 Å². The fourth-order valence-corrected chi connectivity index (χ4v) is 5.76. The van der Waals surface area contributed by atoms with E-state index in [1.54, 1.807) is 6.92 Å². The van der Waals surface area contributed by atoms with Gasteiger partial charge in [-0.25, -0.2) is 0 Å². The molecular formula is C30H31F6N5O. The molecule has 0 bridgehead atoms. The van der Waals surface area contributed by atoms with E-state index in [0.29, 0.717) is 24.6 Å². The molecule has 12 heteroatoms. The summed E-state index contributed by atoms with van der Waals surface area (Å²) < 4.78 is 87.2. The van der Waals surface area contributed by atoms with Crippen molar-refractivity contribution in [2.75, 3.05) is 11.4 Å². The lowest BCUT2D eigenvalue weighted by Crippen LogP contribution is -2.26. The topological polar surface area (TPSA) is 81.1 Å². The molecule has 5 rings (SSSR count). The van der Waals surface area contributed by atoms with Crippen molar-refractivity contribution in [3.8, 4) is 0 Å². The SMILES string of the molecule is Cc1nnc(N(Cc2cc(C(F)(F)F)cc(C(F)(F)F)c2)Cc2cc3ccccc3nc2C(CN)CC2CCCC2)o1. The van der Waals surface area contributed by atoms with Crippen molar-refractivity contribution in [2.24, 2.45) is 11.7 Å². The molecule has 6 nitrogen and oxygen atoms in total. The number of aryl methyl sites for hydroxylation is 1. The minimum absolute atomic E-state index is 0.0299. The Morgan fingerprint density at radius 1 is 0.929 bits per heavy atom. The Hall–Kier alpha value is -3.67. The van der Waals surface area contributed by atoms with Gasteiger partial charge in [-0.05, 0) is 53.8 Å². The monoisotopic (exact) mass is 591 g/mol. The summed E-state index contributed by atoms with van der Waals surface area (Å²) in [5, 5.41) is 8.72. The molecule has 1 aliphatic carbocycles. The summed E-state index contributed by atoms with van der Waals surface area (Å²) in [6.45, 7) is 1.59. The van der Waals surface area contributed by atoms with E-state index in [9.17, 15) is 26.3 Å². The van der Waals surface area contributed by atoms with E-state index in [-0.39, 0.29) is 42.5 Å². The van der Waals surface area contributed by atoms with Crippen molar-refractivity contribution in [3.05, 3.63) is 82.4 Å². The normalized spacial score (nSPS) is 15.4. The first kappa shape index (κ1) is 29.8. The van der Waals surface area contributed by atoms with Crippen LogP contribution in [0.5, 0.6) is 0 Å². The Labute approximate surface area is 238 Å². The summed E-state index contributed by atoms with van der Waals surface area (Å²) in [5.74, 6) is 0.637. The molecule has 4 aromatic rings. The highest BCUT2D eigenvalue weighted by atomic mass is 19.4. The third-order valence-corrected chi connectivity index (χ3v) is 7.77. The Morgan fingerprint density at radius 2 is 1.60 bits per heavy atom. The zero-order chi connectivity index (χ0) is 30.1. The van der Waals surface area contributed by atoms with Crippen LogP contribution in [0.2, 0.25) is 0 Å². The average molecular weight is 592 g/mol. The lowest BCUT2D eigenvalue weighted by Gasteiger charge is -2.26. The second-order valence-electron chi connectivity index (χ2n) is 10.9. The Kier molecular flexibility index (Phi) is 8.45. The number of nitrogens with two attached hydrogens (primary N) is 1. The fraction of sp³-hybridized carbons (Fsp3) is 0.433. The summed E-state index contributed by atoms with van der Waals surface area (Å²) in [6, 6.07) is 11.0. The van der Waals surface area contributed by atoms with E-state index >= 15 is 0 Å². The molecule has 0 amide bonds. The number of fused-ring (bicyclic) bond motifs is 1. The molecule has 224 valence electrons. The molecule has 1 atom stereocenters. The minimum Gasteiger partial charge on any atom is -0.408 e. The molecule has 1 saturated carbocycles.